The van der Waals surface area contributed by atoms with Crippen LogP contribution < -0.4 is 0 Å². The van der Waals surface area contributed by atoms with E-state index in [1.54, 1.807) is 6.07 Å². The van der Waals surface area contributed by atoms with Gasteiger partial charge in [-0.05, 0) is 22.6 Å². The molecule has 100 valence electrons. The summed E-state index contributed by atoms with van der Waals surface area (Å²) in [6.07, 6.45) is -3.28. The maximum atomic E-state index is 10.6. The van der Waals surface area contributed by atoms with Crippen molar-refractivity contribution < 1.29 is 20.1 Å². The number of carboxylic acid groups (broad SMARTS) is 1. The van der Waals surface area contributed by atoms with Crippen LogP contribution in [-0.2, 0) is 10.2 Å². The number of halogens is 1. The minimum Gasteiger partial charge on any atom is -0.479 e. The summed E-state index contributed by atoms with van der Waals surface area (Å²) in [5, 5.41) is 27.8. The number of carboxylic acids is 1. The highest BCUT2D eigenvalue weighted by Crippen LogP contribution is 2.31. The van der Waals surface area contributed by atoms with Crippen LogP contribution in [0.1, 0.15) is 38.0 Å². The van der Waals surface area contributed by atoms with Gasteiger partial charge in [0.05, 0.1) is 0 Å². The minimum atomic E-state index is -1.83. The fraction of sp³-hybridized carbons (Fsp3) is 0.462. The smallest absolute Gasteiger partial charge is 0.335 e. The molecule has 1 aromatic carbocycles. The van der Waals surface area contributed by atoms with E-state index in [1.807, 2.05) is 12.1 Å². The quantitative estimate of drug-likeness (QED) is 0.799. The minimum absolute atomic E-state index is 0.0442. The molecule has 1 rings (SSSR count). The zero-order valence-corrected chi connectivity index (χ0v) is 12.1. The van der Waals surface area contributed by atoms with Crippen LogP contribution in [-0.4, -0.2) is 27.4 Å². The molecule has 0 bridgehead atoms. The molecule has 0 saturated carbocycles. The van der Waals surface area contributed by atoms with E-state index in [4.69, 9.17) is 5.11 Å². The van der Waals surface area contributed by atoms with Crippen molar-refractivity contribution in [3.05, 3.63) is 33.8 Å². The van der Waals surface area contributed by atoms with Crippen LogP contribution >= 0.6 is 15.9 Å². The number of aliphatic hydroxyl groups excluding tert-OH is 2. The highest BCUT2D eigenvalue weighted by Gasteiger charge is 2.27. The SMILES string of the molecule is CC(C)(C)c1ccc(C(O)C(O)C(=O)O)c(Br)c1. The molecule has 2 unspecified atom stereocenters. The van der Waals surface area contributed by atoms with Crippen LogP contribution in [0.3, 0.4) is 0 Å². The third kappa shape index (κ3) is 3.31. The Kier molecular flexibility index (Phi) is 4.53. The summed E-state index contributed by atoms with van der Waals surface area (Å²) in [7, 11) is 0. The molecule has 0 radical (unpaired) electrons. The van der Waals surface area contributed by atoms with E-state index >= 15 is 0 Å². The van der Waals surface area contributed by atoms with Crippen LogP contribution in [0.15, 0.2) is 22.7 Å². The number of benzene rings is 1. The maximum absolute atomic E-state index is 10.6. The summed E-state index contributed by atoms with van der Waals surface area (Å²) in [5.41, 5.74) is 1.37. The van der Waals surface area contributed by atoms with E-state index in [2.05, 4.69) is 36.7 Å². The Morgan fingerprint density at radius 1 is 1.28 bits per heavy atom. The van der Waals surface area contributed by atoms with E-state index < -0.39 is 18.2 Å². The molecule has 5 heteroatoms. The molecule has 0 spiro atoms. The highest BCUT2D eigenvalue weighted by atomic mass is 79.9. The van der Waals surface area contributed by atoms with Gasteiger partial charge in [-0.1, -0.05) is 48.8 Å². The molecular weight excluding hydrogens is 300 g/mol. The molecule has 1 aromatic rings. The lowest BCUT2D eigenvalue weighted by Crippen LogP contribution is -2.27. The lowest BCUT2D eigenvalue weighted by molar-refractivity contribution is -0.153. The summed E-state index contributed by atoms with van der Waals surface area (Å²) in [5.74, 6) is -1.45. The highest BCUT2D eigenvalue weighted by molar-refractivity contribution is 9.10. The number of aliphatic carboxylic acids is 1. The van der Waals surface area contributed by atoms with Crippen LogP contribution in [0.2, 0.25) is 0 Å². The van der Waals surface area contributed by atoms with Gasteiger partial charge in [0.15, 0.2) is 6.10 Å². The topological polar surface area (TPSA) is 77.8 Å². The fourth-order valence-electron chi connectivity index (χ4n) is 1.54. The zero-order valence-electron chi connectivity index (χ0n) is 10.5. The van der Waals surface area contributed by atoms with E-state index in [1.165, 1.54) is 0 Å². The predicted octanol–water partition coefficient (Wildman–Crippen LogP) is 2.23. The largest absolute Gasteiger partial charge is 0.479 e. The Morgan fingerprint density at radius 2 is 1.83 bits per heavy atom. The third-order valence-corrected chi connectivity index (χ3v) is 3.42. The van der Waals surface area contributed by atoms with Gasteiger partial charge in [-0.2, -0.15) is 0 Å². The third-order valence-electron chi connectivity index (χ3n) is 2.74. The molecule has 18 heavy (non-hydrogen) atoms. The Morgan fingerprint density at radius 3 is 2.22 bits per heavy atom. The second-order valence-electron chi connectivity index (χ2n) is 5.21. The standard InChI is InChI=1S/C13H17BrO4/c1-13(2,3)7-4-5-8(9(14)6-7)10(15)11(16)12(17)18/h4-6,10-11,15-16H,1-3H3,(H,17,18). The van der Waals surface area contributed by atoms with Crippen molar-refractivity contribution in [1.82, 2.24) is 0 Å². The summed E-state index contributed by atoms with van der Waals surface area (Å²) in [6, 6.07) is 5.27. The number of carbonyl (C=O) groups is 1. The van der Waals surface area contributed by atoms with Gasteiger partial charge in [0.25, 0.3) is 0 Å². The van der Waals surface area contributed by atoms with E-state index in [0.717, 1.165) is 5.56 Å². The van der Waals surface area contributed by atoms with E-state index in [9.17, 15) is 15.0 Å². The molecule has 0 aliphatic rings. The van der Waals surface area contributed by atoms with Gasteiger partial charge in [0, 0.05) is 4.47 Å². The molecule has 0 aliphatic carbocycles. The number of aliphatic hydroxyl groups is 2. The average molecular weight is 317 g/mol. The maximum Gasteiger partial charge on any atom is 0.335 e. The van der Waals surface area contributed by atoms with E-state index in [-0.39, 0.29) is 5.41 Å². The van der Waals surface area contributed by atoms with Crippen molar-refractivity contribution >= 4 is 21.9 Å². The summed E-state index contributed by atoms with van der Waals surface area (Å²) >= 11 is 3.29. The van der Waals surface area contributed by atoms with Crippen LogP contribution in [0, 0.1) is 0 Å². The first-order chi connectivity index (χ1) is 8.14. The lowest BCUT2D eigenvalue weighted by atomic mass is 9.86. The van der Waals surface area contributed by atoms with Crippen molar-refractivity contribution in [2.24, 2.45) is 0 Å². The van der Waals surface area contributed by atoms with Crippen LogP contribution in [0.4, 0.5) is 0 Å². The molecule has 0 saturated heterocycles. The molecular formula is C13H17BrO4. The lowest BCUT2D eigenvalue weighted by Gasteiger charge is -2.22. The Hall–Kier alpha value is -0.910. The van der Waals surface area contributed by atoms with Gasteiger partial charge in [-0.15, -0.1) is 0 Å². The number of hydrogen-bond acceptors (Lipinski definition) is 3. The van der Waals surface area contributed by atoms with Gasteiger partial charge in [0.1, 0.15) is 6.10 Å². The van der Waals surface area contributed by atoms with Crippen molar-refractivity contribution in [3.63, 3.8) is 0 Å². The van der Waals surface area contributed by atoms with Gasteiger partial charge in [-0.25, -0.2) is 4.79 Å². The molecule has 0 fully saturated rings. The first kappa shape index (κ1) is 15.1. The number of hydrogen-bond donors (Lipinski definition) is 3. The molecule has 2 atom stereocenters. The summed E-state index contributed by atoms with van der Waals surface area (Å²) < 4.78 is 0.586. The molecule has 0 aliphatic heterocycles. The van der Waals surface area contributed by atoms with Gasteiger partial charge in [0.2, 0.25) is 0 Å². The zero-order chi connectivity index (χ0) is 14.1. The fourth-order valence-corrected chi connectivity index (χ4v) is 2.15. The van der Waals surface area contributed by atoms with Gasteiger partial charge in [-0.3, -0.25) is 0 Å². The predicted molar refractivity (Wildman–Crippen MR) is 71.4 cm³/mol. The second-order valence-corrected chi connectivity index (χ2v) is 6.07. The van der Waals surface area contributed by atoms with Gasteiger partial charge < -0.3 is 15.3 Å². The number of rotatable bonds is 3. The van der Waals surface area contributed by atoms with E-state index in [0.29, 0.717) is 10.0 Å². The van der Waals surface area contributed by atoms with Crippen molar-refractivity contribution in [2.75, 3.05) is 0 Å². The summed E-state index contributed by atoms with van der Waals surface area (Å²) in [6.45, 7) is 6.16. The summed E-state index contributed by atoms with van der Waals surface area (Å²) in [4.78, 5) is 10.6. The normalized spacial score (nSPS) is 15.2. The molecule has 3 N–H and O–H groups in total. The average Bonchev–Trinajstić information content (AvgIpc) is 2.25. The van der Waals surface area contributed by atoms with Gasteiger partial charge >= 0.3 is 5.97 Å². The molecule has 4 nitrogen and oxygen atoms in total. The second kappa shape index (κ2) is 5.38. The van der Waals surface area contributed by atoms with Crippen molar-refractivity contribution in [2.45, 2.75) is 38.4 Å². The molecule has 0 amide bonds. The Balaban J connectivity index is 3.10. The van der Waals surface area contributed by atoms with Crippen LogP contribution in [0.25, 0.3) is 0 Å². The first-order valence-corrected chi connectivity index (χ1v) is 6.32. The van der Waals surface area contributed by atoms with Crippen molar-refractivity contribution in [3.8, 4) is 0 Å². The Bertz CT molecular complexity index is 451. The monoisotopic (exact) mass is 316 g/mol. The van der Waals surface area contributed by atoms with Crippen LogP contribution in [0.5, 0.6) is 0 Å². The molecule has 0 aromatic heterocycles. The molecule has 0 heterocycles. The first-order valence-electron chi connectivity index (χ1n) is 5.53. The Labute approximate surface area is 114 Å². The van der Waals surface area contributed by atoms with Crippen molar-refractivity contribution in [1.29, 1.82) is 0 Å².